The molecule has 0 bridgehead atoms. The number of nitrogens with zero attached hydrogens (tertiary/aromatic N) is 3. The van der Waals surface area contributed by atoms with E-state index in [1.165, 1.54) is 5.69 Å². The van der Waals surface area contributed by atoms with E-state index < -0.39 is 0 Å². The number of fused-ring (bicyclic) bond motifs is 1. The van der Waals surface area contributed by atoms with Crippen molar-refractivity contribution in [1.29, 1.82) is 0 Å². The lowest BCUT2D eigenvalue weighted by atomic mass is 9.99. The molecule has 1 fully saturated rings. The number of aryl methyl sites for hydroxylation is 1. The van der Waals surface area contributed by atoms with Crippen LogP contribution in [0.3, 0.4) is 0 Å². The monoisotopic (exact) mass is 277 g/mol. The summed E-state index contributed by atoms with van der Waals surface area (Å²) in [4.78, 5) is 19.0. The number of likely N-dealkylation sites (N-methyl/N-ethyl adjacent to an activating group) is 1. The van der Waals surface area contributed by atoms with Crippen LogP contribution >= 0.6 is 0 Å². The predicted molar refractivity (Wildman–Crippen MR) is 75.6 cm³/mol. The van der Waals surface area contributed by atoms with Gasteiger partial charge in [-0.25, -0.2) is 4.98 Å². The summed E-state index contributed by atoms with van der Waals surface area (Å²) in [5.41, 5.74) is 2.38. The van der Waals surface area contributed by atoms with Crippen molar-refractivity contribution in [3.63, 3.8) is 0 Å². The molecule has 110 valence electrons. The van der Waals surface area contributed by atoms with Gasteiger partial charge < -0.3 is 14.2 Å². The Morgan fingerprint density at radius 1 is 1.35 bits per heavy atom. The summed E-state index contributed by atoms with van der Waals surface area (Å²) in [5.74, 6) is 1.72. The molecule has 1 atom stereocenters. The lowest BCUT2D eigenvalue weighted by molar-refractivity contribution is -0.135. The zero-order chi connectivity index (χ0) is 14.3. The maximum Gasteiger partial charge on any atom is 0.245 e. The molecule has 3 rings (SSSR count). The summed E-state index contributed by atoms with van der Waals surface area (Å²) in [6, 6.07) is -0.130. The van der Waals surface area contributed by atoms with Crippen LogP contribution in [-0.2, 0) is 22.5 Å². The molecule has 5 nitrogen and oxygen atoms in total. The fourth-order valence-electron chi connectivity index (χ4n) is 3.39. The van der Waals surface area contributed by atoms with Crippen LogP contribution in [0, 0.1) is 0 Å². The van der Waals surface area contributed by atoms with Crippen LogP contribution in [0.15, 0.2) is 0 Å². The minimum atomic E-state index is -0.130. The van der Waals surface area contributed by atoms with Crippen LogP contribution in [0.25, 0.3) is 0 Å². The molecule has 2 aliphatic rings. The summed E-state index contributed by atoms with van der Waals surface area (Å²) in [7, 11) is 1.88. The van der Waals surface area contributed by atoms with Crippen molar-refractivity contribution in [2.24, 2.45) is 0 Å². The van der Waals surface area contributed by atoms with Gasteiger partial charge in [-0.3, -0.25) is 4.79 Å². The molecule has 0 spiro atoms. The summed E-state index contributed by atoms with van der Waals surface area (Å²) in [6.07, 6.45) is 2.94. The predicted octanol–water partition coefficient (Wildman–Crippen LogP) is 1.87. The first-order valence-electron chi connectivity index (χ1n) is 7.56. The van der Waals surface area contributed by atoms with Crippen molar-refractivity contribution < 1.29 is 9.53 Å². The maximum absolute atomic E-state index is 12.3. The summed E-state index contributed by atoms with van der Waals surface area (Å²) < 4.78 is 7.66. The quantitative estimate of drug-likeness (QED) is 0.829. The lowest BCUT2D eigenvalue weighted by Crippen LogP contribution is -2.40. The van der Waals surface area contributed by atoms with Crippen LogP contribution < -0.4 is 0 Å². The normalized spacial score (nSPS) is 24.1. The number of amides is 1. The zero-order valence-corrected chi connectivity index (χ0v) is 12.6. The summed E-state index contributed by atoms with van der Waals surface area (Å²) >= 11 is 0. The highest BCUT2D eigenvalue weighted by Crippen LogP contribution is 2.33. The summed E-state index contributed by atoms with van der Waals surface area (Å²) in [6.45, 7) is 6.42. The zero-order valence-electron chi connectivity index (χ0n) is 12.6. The van der Waals surface area contributed by atoms with Crippen molar-refractivity contribution in [3.05, 3.63) is 17.2 Å². The average molecular weight is 277 g/mol. The van der Waals surface area contributed by atoms with Gasteiger partial charge in [0, 0.05) is 26.2 Å². The van der Waals surface area contributed by atoms with Crippen molar-refractivity contribution in [2.45, 2.75) is 51.6 Å². The van der Waals surface area contributed by atoms with E-state index >= 15 is 0 Å². The van der Waals surface area contributed by atoms with E-state index in [-0.39, 0.29) is 11.9 Å². The van der Waals surface area contributed by atoms with Gasteiger partial charge in [-0.15, -0.1) is 0 Å². The molecular weight excluding hydrogens is 254 g/mol. The molecule has 1 aromatic heterocycles. The van der Waals surface area contributed by atoms with E-state index in [1.54, 1.807) is 0 Å². The van der Waals surface area contributed by atoms with E-state index in [4.69, 9.17) is 9.72 Å². The van der Waals surface area contributed by atoms with E-state index in [2.05, 4.69) is 11.5 Å². The minimum absolute atomic E-state index is 0.130. The largest absolute Gasteiger partial charge is 0.381 e. The molecule has 0 saturated carbocycles. The third-order valence-corrected chi connectivity index (χ3v) is 4.55. The Balaban J connectivity index is 2.05. The first-order chi connectivity index (χ1) is 9.63. The van der Waals surface area contributed by atoms with Crippen molar-refractivity contribution in [3.8, 4) is 0 Å². The standard InChI is InChI=1S/C15H23N3O2/c1-4-12-13-9-17(3)15(19)10(2)18(13)14(16-12)11-5-7-20-8-6-11/h10-11H,4-9H2,1-3H3. The van der Waals surface area contributed by atoms with E-state index in [0.717, 1.165) is 44.0 Å². The van der Waals surface area contributed by atoms with Crippen molar-refractivity contribution >= 4 is 5.91 Å². The van der Waals surface area contributed by atoms with Crippen LogP contribution in [0.2, 0.25) is 0 Å². The van der Waals surface area contributed by atoms with Gasteiger partial charge in [0.25, 0.3) is 0 Å². The van der Waals surface area contributed by atoms with Crippen LogP contribution in [-0.4, -0.2) is 40.6 Å². The van der Waals surface area contributed by atoms with Gasteiger partial charge in [0.2, 0.25) is 5.91 Å². The number of carbonyl (C=O) groups is 1. The number of imidazole rings is 1. The molecule has 1 unspecified atom stereocenters. The SMILES string of the molecule is CCc1nc(C2CCOCC2)n2c1CN(C)C(=O)C2C. The van der Waals surface area contributed by atoms with Crippen LogP contribution in [0.4, 0.5) is 0 Å². The Hall–Kier alpha value is -1.36. The molecule has 1 aromatic rings. The van der Waals surface area contributed by atoms with Gasteiger partial charge in [-0.1, -0.05) is 6.92 Å². The highest BCUT2D eigenvalue weighted by atomic mass is 16.5. The number of hydrogen-bond donors (Lipinski definition) is 0. The van der Waals surface area contributed by atoms with E-state index in [0.29, 0.717) is 12.5 Å². The molecular formula is C15H23N3O2. The Bertz CT molecular complexity index is 517. The first-order valence-corrected chi connectivity index (χ1v) is 7.56. The smallest absolute Gasteiger partial charge is 0.245 e. The lowest BCUT2D eigenvalue weighted by Gasteiger charge is -2.32. The second kappa shape index (κ2) is 5.20. The molecule has 2 aliphatic heterocycles. The molecule has 0 radical (unpaired) electrons. The number of carbonyl (C=O) groups excluding carboxylic acids is 1. The second-order valence-electron chi connectivity index (χ2n) is 5.84. The van der Waals surface area contributed by atoms with E-state index in [1.807, 2.05) is 18.9 Å². The highest BCUT2D eigenvalue weighted by Gasteiger charge is 2.34. The Labute approximate surface area is 119 Å². The number of rotatable bonds is 2. The third-order valence-electron chi connectivity index (χ3n) is 4.55. The molecule has 20 heavy (non-hydrogen) atoms. The molecule has 0 N–H and O–H groups in total. The summed E-state index contributed by atoms with van der Waals surface area (Å²) in [5, 5.41) is 0. The topological polar surface area (TPSA) is 47.4 Å². The second-order valence-corrected chi connectivity index (χ2v) is 5.84. The average Bonchev–Trinajstić information content (AvgIpc) is 2.84. The van der Waals surface area contributed by atoms with Gasteiger partial charge in [-0.2, -0.15) is 0 Å². The first kappa shape index (κ1) is 13.6. The Morgan fingerprint density at radius 3 is 2.70 bits per heavy atom. The molecule has 3 heterocycles. The molecule has 0 aliphatic carbocycles. The van der Waals surface area contributed by atoms with Gasteiger partial charge in [-0.05, 0) is 26.2 Å². The molecule has 5 heteroatoms. The molecule has 0 aromatic carbocycles. The van der Waals surface area contributed by atoms with Gasteiger partial charge in [0.05, 0.1) is 17.9 Å². The molecule has 1 saturated heterocycles. The van der Waals surface area contributed by atoms with Crippen molar-refractivity contribution in [1.82, 2.24) is 14.5 Å². The van der Waals surface area contributed by atoms with E-state index in [9.17, 15) is 4.79 Å². The van der Waals surface area contributed by atoms with Gasteiger partial charge in [0.15, 0.2) is 0 Å². The number of aromatic nitrogens is 2. The fourth-order valence-corrected chi connectivity index (χ4v) is 3.39. The minimum Gasteiger partial charge on any atom is -0.381 e. The van der Waals surface area contributed by atoms with Crippen molar-refractivity contribution in [2.75, 3.05) is 20.3 Å². The fraction of sp³-hybridized carbons (Fsp3) is 0.733. The number of ether oxygens (including phenoxy) is 1. The maximum atomic E-state index is 12.3. The van der Waals surface area contributed by atoms with Crippen LogP contribution in [0.1, 0.15) is 55.9 Å². The van der Waals surface area contributed by atoms with Gasteiger partial charge >= 0.3 is 0 Å². The Kier molecular flexibility index (Phi) is 3.54. The third kappa shape index (κ3) is 2.04. The van der Waals surface area contributed by atoms with Gasteiger partial charge in [0.1, 0.15) is 11.9 Å². The Morgan fingerprint density at radius 2 is 2.05 bits per heavy atom. The number of hydrogen-bond acceptors (Lipinski definition) is 3. The highest BCUT2D eigenvalue weighted by molar-refractivity contribution is 5.81. The molecule has 1 amide bonds. The van der Waals surface area contributed by atoms with Crippen LogP contribution in [0.5, 0.6) is 0 Å².